The minimum atomic E-state index is -3.27. The van der Waals surface area contributed by atoms with Crippen LogP contribution < -0.4 is 4.74 Å². The number of rotatable bonds is 32. The Morgan fingerprint density at radius 2 is 1.41 bits per heavy atom. The van der Waals surface area contributed by atoms with Crippen molar-refractivity contribution in [3.05, 3.63) is 66.8 Å². The maximum absolute atomic E-state index is 14.9. The highest BCUT2D eigenvalue weighted by atomic mass is 19.3. The number of esters is 1. The number of para-hydroxylation sites is 1. The Kier molecular flexibility index (Phi) is 26.8. The van der Waals surface area contributed by atoms with Gasteiger partial charge < -0.3 is 19.3 Å². The Hall–Kier alpha value is -3.33. The highest BCUT2D eigenvalue weighted by molar-refractivity contribution is 5.69. The second-order valence-electron chi connectivity index (χ2n) is 15.4. The average molecular weight is 787 g/mol. The lowest BCUT2D eigenvalue weighted by molar-refractivity contribution is -0.441. The van der Waals surface area contributed by atoms with Crippen LogP contribution in [0.3, 0.4) is 0 Å². The molecule has 0 radical (unpaired) electrons. The van der Waals surface area contributed by atoms with Crippen LogP contribution in [0.15, 0.2) is 66.8 Å². The van der Waals surface area contributed by atoms with E-state index in [-0.39, 0.29) is 12.4 Å². The first-order valence-electron chi connectivity index (χ1n) is 21.8. The minimum Gasteiger partial charge on any atom is -0.487 e. The fourth-order valence-electron chi connectivity index (χ4n) is 7.01. The molecular formula is C47H74F2NO6+. The number of ether oxygens (including phenoxy) is 3. The number of aliphatic hydroxyl groups is 1. The molecule has 1 fully saturated rings. The molecule has 1 N–H and O–H groups in total. The zero-order valence-electron chi connectivity index (χ0n) is 34.7. The number of carbonyl (C=O) groups excluding carboxylic acids is 2. The number of nitrogens with zero attached hydrogens (tertiary/aromatic N) is 1. The Morgan fingerprint density at radius 1 is 0.821 bits per heavy atom. The molecule has 0 heterocycles. The van der Waals surface area contributed by atoms with Crippen LogP contribution in [0.4, 0.5) is 13.6 Å². The summed E-state index contributed by atoms with van der Waals surface area (Å²) in [4.78, 5) is 25.2. The quantitative estimate of drug-likeness (QED) is 0.0257. The zero-order valence-corrected chi connectivity index (χ0v) is 34.7. The summed E-state index contributed by atoms with van der Waals surface area (Å²) >= 11 is 0. The van der Waals surface area contributed by atoms with Gasteiger partial charge in [-0.05, 0) is 76.0 Å². The van der Waals surface area contributed by atoms with Crippen LogP contribution in [0.25, 0.3) is 0 Å². The molecule has 316 valence electrons. The van der Waals surface area contributed by atoms with Crippen LogP contribution in [0.1, 0.15) is 155 Å². The molecule has 7 nitrogen and oxygen atoms in total. The summed E-state index contributed by atoms with van der Waals surface area (Å²) in [7, 11) is 0. The molecule has 1 aromatic carbocycles. The fraction of sp³-hybridized carbons (Fsp3) is 0.681. The second-order valence-corrected chi connectivity index (χ2v) is 15.4. The summed E-state index contributed by atoms with van der Waals surface area (Å²) in [5.41, 5.74) is 0. The smallest absolute Gasteiger partial charge is 0.487 e. The first kappa shape index (κ1) is 48.8. The molecule has 0 unspecified atom stereocenters. The van der Waals surface area contributed by atoms with E-state index < -0.39 is 42.7 Å². The van der Waals surface area contributed by atoms with E-state index in [1.54, 1.807) is 30.3 Å². The predicted octanol–water partition coefficient (Wildman–Crippen LogP) is 12.4. The highest BCUT2D eigenvalue weighted by Crippen LogP contribution is 2.39. The normalized spacial score (nSPS) is 18.7. The van der Waals surface area contributed by atoms with Crippen molar-refractivity contribution in [3.63, 3.8) is 0 Å². The maximum atomic E-state index is 14.9. The van der Waals surface area contributed by atoms with Crippen molar-refractivity contribution in [2.45, 2.75) is 173 Å². The van der Waals surface area contributed by atoms with Crippen LogP contribution in [0.5, 0.6) is 5.75 Å². The number of benzene rings is 1. The monoisotopic (exact) mass is 787 g/mol. The van der Waals surface area contributed by atoms with Crippen LogP contribution in [-0.4, -0.2) is 66.4 Å². The van der Waals surface area contributed by atoms with Gasteiger partial charge in [-0.3, -0.25) is 4.79 Å². The summed E-state index contributed by atoms with van der Waals surface area (Å²) in [6, 6.07) is 8.43. The average Bonchev–Trinajstić information content (AvgIpc) is 3.48. The van der Waals surface area contributed by atoms with E-state index in [2.05, 4.69) is 32.7 Å². The summed E-state index contributed by atoms with van der Waals surface area (Å²) in [5, 5.41) is 11.0. The Labute approximate surface area is 337 Å². The minimum absolute atomic E-state index is 0.137. The number of amides is 1. The van der Waals surface area contributed by atoms with Crippen molar-refractivity contribution in [2.24, 2.45) is 11.8 Å². The maximum Gasteiger partial charge on any atom is 0.596 e. The topological polar surface area (TPSA) is 85.1 Å². The van der Waals surface area contributed by atoms with Gasteiger partial charge in [-0.2, -0.15) is 13.6 Å². The summed E-state index contributed by atoms with van der Waals surface area (Å²) in [5.74, 6) is -4.20. The molecule has 0 bridgehead atoms. The molecule has 1 saturated carbocycles. The lowest BCUT2D eigenvalue weighted by Gasteiger charge is -2.22. The van der Waals surface area contributed by atoms with Gasteiger partial charge in [0, 0.05) is 31.1 Å². The third-order valence-electron chi connectivity index (χ3n) is 10.4. The number of allylic oxidation sites excluding steroid dienone is 4. The van der Waals surface area contributed by atoms with Gasteiger partial charge in [-0.1, -0.05) is 127 Å². The zero-order chi connectivity index (χ0) is 40.7. The van der Waals surface area contributed by atoms with Gasteiger partial charge in [0.05, 0.1) is 12.7 Å². The molecule has 9 heteroatoms. The van der Waals surface area contributed by atoms with Crippen molar-refractivity contribution < 1.29 is 42.3 Å². The third kappa shape index (κ3) is 23.0. The molecule has 2 rings (SSSR count). The van der Waals surface area contributed by atoms with Crippen LogP contribution in [0.2, 0.25) is 0 Å². The van der Waals surface area contributed by atoms with Crippen LogP contribution >= 0.6 is 0 Å². The Bertz CT molecular complexity index is 1280. The van der Waals surface area contributed by atoms with Gasteiger partial charge in [-0.15, -0.1) is 4.58 Å². The lowest BCUT2D eigenvalue weighted by atomic mass is 9.89. The molecule has 0 saturated heterocycles. The SMILES string of the molecule is C=[N+](CCCCCCC)C(=O)O[C@H]1C[C@@H](O)[C@H](/C=C/C(F)(F)COc2ccccc2)[C@H]1C/C=C\CCCC(=O)OCCCCCCCC/C=C/CCCCCC. The number of aliphatic hydroxyl groups excluding tert-OH is 1. The van der Waals surface area contributed by atoms with E-state index in [9.17, 15) is 23.5 Å². The summed E-state index contributed by atoms with van der Waals surface area (Å²) in [6.07, 6.45) is 30.2. The number of hydrogen-bond acceptors (Lipinski definition) is 6. The van der Waals surface area contributed by atoms with E-state index in [1.165, 1.54) is 68.4 Å². The molecule has 1 aliphatic carbocycles. The predicted molar refractivity (Wildman–Crippen MR) is 224 cm³/mol. The van der Waals surface area contributed by atoms with Gasteiger partial charge >= 0.3 is 12.1 Å². The molecular weight excluding hydrogens is 713 g/mol. The number of unbranched alkanes of at least 4 members (excludes halogenated alkanes) is 15. The number of carbonyl (C=O) groups is 2. The molecule has 1 amide bonds. The molecule has 4 atom stereocenters. The number of hydrogen-bond donors (Lipinski definition) is 1. The molecule has 0 aromatic heterocycles. The molecule has 0 spiro atoms. The highest BCUT2D eigenvalue weighted by Gasteiger charge is 2.44. The first-order valence-corrected chi connectivity index (χ1v) is 21.8. The Balaban J connectivity index is 1.77. The van der Waals surface area contributed by atoms with Crippen molar-refractivity contribution in [3.8, 4) is 5.75 Å². The van der Waals surface area contributed by atoms with Crippen molar-refractivity contribution in [1.82, 2.24) is 0 Å². The molecule has 1 aromatic rings. The molecule has 1 aliphatic rings. The van der Waals surface area contributed by atoms with E-state index in [0.29, 0.717) is 44.6 Å². The van der Waals surface area contributed by atoms with E-state index >= 15 is 0 Å². The van der Waals surface area contributed by atoms with E-state index in [1.807, 2.05) is 12.2 Å². The van der Waals surface area contributed by atoms with Gasteiger partial charge in [-0.25, -0.2) is 0 Å². The molecule has 0 aliphatic heterocycles. The standard InChI is InChI=1S/C47H74F2NO6/c1-4-6-8-10-11-12-13-14-15-16-17-18-22-29-37-54-45(52)33-27-20-19-26-32-42-41(34-35-47(48,49)39-55-40-30-24-23-25-31-40)43(51)38-44(42)56-46(53)50(3)36-28-21-9-7-5-2/h12-13,19,23-26,30-31,34-35,41-44,51H,3-11,14-18,20-22,27-29,32-33,36-39H2,1-2H3/q+1/b13-12+,26-19-,35-34+/t41-,42-,43-,44+/m1/s1. The van der Waals surface area contributed by atoms with Crippen molar-refractivity contribution >= 4 is 18.8 Å². The van der Waals surface area contributed by atoms with Gasteiger partial charge in [0.1, 0.15) is 18.6 Å². The summed E-state index contributed by atoms with van der Waals surface area (Å²) < 4.78 is 47.6. The van der Waals surface area contributed by atoms with Crippen molar-refractivity contribution in [2.75, 3.05) is 19.8 Å². The number of alkyl halides is 2. The fourth-order valence-corrected chi connectivity index (χ4v) is 7.01. The largest absolute Gasteiger partial charge is 0.596 e. The number of halogens is 2. The first-order chi connectivity index (χ1) is 27.2. The Morgan fingerprint density at radius 3 is 2.11 bits per heavy atom. The van der Waals surface area contributed by atoms with Crippen molar-refractivity contribution in [1.29, 1.82) is 0 Å². The lowest BCUT2D eigenvalue weighted by Crippen LogP contribution is -2.30. The van der Waals surface area contributed by atoms with E-state index in [0.717, 1.165) is 57.4 Å². The van der Waals surface area contributed by atoms with Crippen LogP contribution in [-0.2, 0) is 14.3 Å². The van der Waals surface area contributed by atoms with Gasteiger partial charge in [0.25, 0.3) is 5.92 Å². The second kappa shape index (κ2) is 30.8. The van der Waals surface area contributed by atoms with E-state index in [4.69, 9.17) is 14.2 Å². The summed E-state index contributed by atoms with van der Waals surface area (Å²) in [6.45, 7) is 8.32. The van der Waals surface area contributed by atoms with Gasteiger partial charge in [0.15, 0.2) is 13.2 Å². The van der Waals surface area contributed by atoms with Crippen LogP contribution in [0, 0.1) is 11.8 Å². The third-order valence-corrected chi connectivity index (χ3v) is 10.4. The van der Waals surface area contributed by atoms with Gasteiger partial charge in [0.2, 0.25) is 0 Å². The molecule has 56 heavy (non-hydrogen) atoms.